The Morgan fingerprint density at radius 2 is 2.09 bits per heavy atom. The van der Waals surface area contributed by atoms with Crippen LogP contribution in [0.2, 0.25) is 0 Å². The van der Waals surface area contributed by atoms with E-state index in [2.05, 4.69) is 15.4 Å². The molecule has 1 amide bonds. The number of carbonyl (C=O) groups excluding carboxylic acids is 1. The Labute approximate surface area is 130 Å². The minimum absolute atomic E-state index is 0.198. The number of aliphatic hydroxyl groups is 1. The largest absolute Gasteiger partial charge is 0.391 e. The number of pyridine rings is 1. The van der Waals surface area contributed by atoms with Gasteiger partial charge >= 0.3 is 0 Å². The molecule has 2 aromatic heterocycles. The van der Waals surface area contributed by atoms with Gasteiger partial charge in [-0.05, 0) is 24.1 Å². The van der Waals surface area contributed by atoms with Crippen molar-refractivity contribution >= 4 is 5.91 Å². The van der Waals surface area contributed by atoms with Gasteiger partial charge in [0.1, 0.15) is 5.69 Å². The van der Waals surface area contributed by atoms with Crippen molar-refractivity contribution in [2.45, 2.75) is 32.8 Å². The van der Waals surface area contributed by atoms with Crippen molar-refractivity contribution in [3.05, 3.63) is 42.4 Å². The van der Waals surface area contributed by atoms with Crippen molar-refractivity contribution in [1.29, 1.82) is 0 Å². The van der Waals surface area contributed by atoms with Crippen LogP contribution in [0, 0.1) is 5.92 Å². The fourth-order valence-corrected chi connectivity index (χ4v) is 2.37. The number of nitrogens with one attached hydrogen (secondary N) is 1. The van der Waals surface area contributed by atoms with Gasteiger partial charge in [-0.15, -0.1) is 0 Å². The molecule has 2 aromatic rings. The molecular weight excluding hydrogens is 280 g/mol. The van der Waals surface area contributed by atoms with E-state index in [1.165, 1.54) is 0 Å². The molecule has 2 N–H and O–H groups in total. The number of hydrogen-bond donors (Lipinski definition) is 2. The maximum atomic E-state index is 12.2. The number of hydrogen-bond acceptors (Lipinski definition) is 4. The van der Waals surface area contributed by atoms with Crippen molar-refractivity contribution in [3.8, 4) is 5.82 Å². The highest BCUT2D eigenvalue weighted by Crippen LogP contribution is 2.12. The summed E-state index contributed by atoms with van der Waals surface area (Å²) in [5.74, 6) is 0.487. The van der Waals surface area contributed by atoms with Crippen molar-refractivity contribution < 1.29 is 9.90 Å². The predicted octanol–water partition coefficient (Wildman–Crippen LogP) is 1.79. The van der Waals surface area contributed by atoms with E-state index in [0.29, 0.717) is 11.5 Å². The second-order valence-corrected chi connectivity index (χ2v) is 5.19. The zero-order valence-electron chi connectivity index (χ0n) is 12.9. The Kier molecular flexibility index (Phi) is 5.66. The standard InChI is InChI=1S/C16H22N4O2/c1-3-12(4-2)14(21)11-17-16(22)13-7-5-8-15(19-13)20-10-6-9-18-20/h5-10,12,14,21H,3-4,11H2,1-2H3,(H,17,22). The van der Waals surface area contributed by atoms with Gasteiger partial charge in [0, 0.05) is 18.9 Å². The number of aliphatic hydroxyl groups excluding tert-OH is 1. The lowest BCUT2D eigenvalue weighted by atomic mass is 9.96. The van der Waals surface area contributed by atoms with Crippen LogP contribution in [0.1, 0.15) is 37.2 Å². The molecule has 2 rings (SSSR count). The first-order valence-corrected chi connectivity index (χ1v) is 7.59. The molecule has 22 heavy (non-hydrogen) atoms. The zero-order valence-corrected chi connectivity index (χ0v) is 12.9. The number of amides is 1. The molecule has 118 valence electrons. The van der Waals surface area contributed by atoms with Crippen LogP contribution >= 0.6 is 0 Å². The van der Waals surface area contributed by atoms with E-state index in [1.807, 2.05) is 13.8 Å². The minimum atomic E-state index is -0.534. The van der Waals surface area contributed by atoms with Gasteiger partial charge < -0.3 is 10.4 Å². The Morgan fingerprint density at radius 1 is 1.32 bits per heavy atom. The van der Waals surface area contributed by atoms with Gasteiger partial charge in [-0.3, -0.25) is 4.79 Å². The molecule has 0 fully saturated rings. The van der Waals surface area contributed by atoms with Crippen LogP contribution < -0.4 is 5.32 Å². The summed E-state index contributed by atoms with van der Waals surface area (Å²) in [4.78, 5) is 16.4. The summed E-state index contributed by atoms with van der Waals surface area (Å²) in [6.45, 7) is 4.31. The molecule has 0 saturated carbocycles. The summed E-state index contributed by atoms with van der Waals surface area (Å²) >= 11 is 0. The molecule has 1 unspecified atom stereocenters. The van der Waals surface area contributed by atoms with E-state index < -0.39 is 6.10 Å². The molecule has 0 aromatic carbocycles. The summed E-state index contributed by atoms with van der Waals surface area (Å²) in [7, 11) is 0. The molecular formula is C16H22N4O2. The molecule has 0 bridgehead atoms. The Morgan fingerprint density at radius 3 is 2.73 bits per heavy atom. The van der Waals surface area contributed by atoms with Crippen molar-refractivity contribution in [1.82, 2.24) is 20.1 Å². The molecule has 2 heterocycles. The maximum absolute atomic E-state index is 12.2. The smallest absolute Gasteiger partial charge is 0.270 e. The lowest BCUT2D eigenvalue weighted by molar-refractivity contribution is 0.0813. The highest BCUT2D eigenvalue weighted by molar-refractivity contribution is 5.92. The zero-order chi connectivity index (χ0) is 15.9. The highest BCUT2D eigenvalue weighted by Gasteiger charge is 2.17. The van der Waals surface area contributed by atoms with Gasteiger partial charge in [-0.2, -0.15) is 5.10 Å². The molecule has 0 spiro atoms. The Balaban J connectivity index is 2.00. The van der Waals surface area contributed by atoms with Crippen molar-refractivity contribution in [2.24, 2.45) is 5.92 Å². The van der Waals surface area contributed by atoms with Gasteiger partial charge in [-0.1, -0.05) is 32.8 Å². The van der Waals surface area contributed by atoms with Gasteiger partial charge in [0.2, 0.25) is 0 Å². The Hall–Kier alpha value is -2.21. The van der Waals surface area contributed by atoms with Crippen LogP contribution in [0.4, 0.5) is 0 Å². The summed E-state index contributed by atoms with van der Waals surface area (Å²) in [5.41, 5.74) is 0.310. The average molecular weight is 302 g/mol. The average Bonchev–Trinajstić information content (AvgIpc) is 3.08. The quantitative estimate of drug-likeness (QED) is 0.817. The monoisotopic (exact) mass is 302 g/mol. The van der Waals surface area contributed by atoms with E-state index in [-0.39, 0.29) is 18.4 Å². The van der Waals surface area contributed by atoms with Crippen LogP contribution in [0.5, 0.6) is 0 Å². The third-order valence-electron chi connectivity index (χ3n) is 3.77. The highest BCUT2D eigenvalue weighted by atomic mass is 16.3. The van der Waals surface area contributed by atoms with Gasteiger partial charge in [0.15, 0.2) is 5.82 Å². The first kappa shape index (κ1) is 16.2. The maximum Gasteiger partial charge on any atom is 0.270 e. The van der Waals surface area contributed by atoms with Crippen LogP contribution in [0.25, 0.3) is 5.82 Å². The van der Waals surface area contributed by atoms with Crippen LogP contribution in [0.15, 0.2) is 36.7 Å². The minimum Gasteiger partial charge on any atom is -0.391 e. The fourth-order valence-electron chi connectivity index (χ4n) is 2.37. The Bertz CT molecular complexity index is 594. The number of carbonyl (C=O) groups is 1. The van der Waals surface area contributed by atoms with E-state index in [4.69, 9.17) is 0 Å². The molecule has 0 aliphatic heterocycles. The number of rotatable bonds is 7. The lowest BCUT2D eigenvalue weighted by Crippen LogP contribution is -2.36. The van der Waals surface area contributed by atoms with Gasteiger partial charge in [0.25, 0.3) is 5.91 Å². The summed E-state index contributed by atoms with van der Waals surface area (Å²) in [6.07, 6.45) is 4.66. The van der Waals surface area contributed by atoms with E-state index in [1.54, 1.807) is 41.3 Å². The summed E-state index contributed by atoms with van der Waals surface area (Å²) in [5, 5.41) is 16.9. The van der Waals surface area contributed by atoms with E-state index >= 15 is 0 Å². The summed E-state index contributed by atoms with van der Waals surface area (Å²) < 4.78 is 1.59. The molecule has 0 aliphatic rings. The number of nitrogens with zero attached hydrogens (tertiary/aromatic N) is 3. The molecule has 0 aliphatic carbocycles. The van der Waals surface area contributed by atoms with Crippen molar-refractivity contribution in [3.63, 3.8) is 0 Å². The lowest BCUT2D eigenvalue weighted by Gasteiger charge is -2.20. The first-order chi connectivity index (χ1) is 10.7. The van der Waals surface area contributed by atoms with Crippen LogP contribution in [-0.4, -0.2) is 38.4 Å². The third kappa shape index (κ3) is 3.92. The van der Waals surface area contributed by atoms with Gasteiger partial charge in [-0.25, -0.2) is 9.67 Å². The van der Waals surface area contributed by atoms with Crippen LogP contribution in [-0.2, 0) is 0 Å². The molecule has 6 heteroatoms. The molecule has 0 radical (unpaired) electrons. The number of aromatic nitrogens is 3. The van der Waals surface area contributed by atoms with Crippen LogP contribution in [0.3, 0.4) is 0 Å². The SMILES string of the molecule is CCC(CC)C(O)CNC(=O)c1cccc(-n2cccn2)n1. The first-order valence-electron chi connectivity index (χ1n) is 7.59. The predicted molar refractivity (Wildman–Crippen MR) is 83.8 cm³/mol. The van der Waals surface area contributed by atoms with Gasteiger partial charge in [0.05, 0.1) is 6.10 Å². The molecule has 0 saturated heterocycles. The fraction of sp³-hybridized carbons (Fsp3) is 0.438. The molecule has 6 nitrogen and oxygen atoms in total. The van der Waals surface area contributed by atoms with E-state index in [9.17, 15) is 9.90 Å². The normalized spacial score (nSPS) is 12.4. The topological polar surface area (TPSA) is 80.0 Å². The third-order valence-corrected chi connectivity index (χ3v) is 3.77. The van der Waals surface area contributed by atoms with E-state index in [0.717, 1.165) is 12.8 Å². The van der Waals surface area contributed by atoms with Crippen molar-refractivity contribution in [2.75, 3.05) is 6.54 Å². The molecule has 1 atom stereocenters. The summed E-state index contributed by atoms with van der Waals surface area (Å²) in [6, 6.07) is 6.98. The second kappa shape index (κ2) is 7.70. The second-order valence-electron chi connectivity index (χ2n) is 5.19.